The van der Waals surface area contributed by atoms with Gasteiger partial charge >= 0.3 is 6.09 Å². The molecule has 3 unspecified atom stereocenters. The number of hydrogen-bond acceptors (Lipinski definition) is 8. The molecule has 3 aliphatic heterocycles. The van der Waals surface area contributed by atoms with Crippen LogP contribution in [-0.2, 0) is 21.3 Å². The van der Waals surface area contributed by atoms with E-state index >= 15 is 0 Å². The zero-order chi connectivity index (χ0) is 22.9. The predicted octanol–water partition coefficient (Wildman–Crippen LogP) is 3.10. The first-order chi connectivity index (χ1) is 16.7. The maximum Gasteiger partial charge on any atom is 0.415 e. The molecule has 0 radical (unpaired) electrons. The lowest BCUT2D eigenvalue weighted by molar-refractivity contribution is 0.0886. The molecule has 9 nitrogen and oxygen atoms in total. The van der Waals surface area contributed by atoms with Gasteiger partial charge in [0.15, 0.2) is 6.10 Å². The van der Waals surface area contributed by atoms with Gasteiger partial charge in [-0.2, -0.15) is 5.26 Å². The fraction of sp³-hybridized carbons (Fsp3) is 0.360. The number of fused-ring (bicyclic) bond motifs is 4. The standard InChI is InChI=1S/C25H20N4O5/c26-13-25(17-10-31-11-18(17)25)22-4-2-15(9-27-22)14-1-3-19-16(7-14)8-20-21(34-24(30)29(19)20)12-32-23-5-6-33-28-23/h1-7,9,17-18,20-21H,8,10-12H2/t17?,18?,20-,21?,25?/m0/s1. The molecule has 1 amide bonds. The summed E-state index contributed by atoms with van der Waals surface area (Å²) in [7, 11) is 0. The topological polar surface area (TPSA) is 111 Å². The highest BCUT2D eigenvalue weighted by Crippen LogP contribution is 2.62. The molecule has 2 aromatic heterocycles. The third-order valence-corrected chi connectivity index (χ3v) is 7.63. The van der Waals surface area contributed by atoms with Crippen LogP contribution < -0.4 is 9.64 Å². The molecule has 34 heavy (non-hydrogen) atoms. The van der Waals surface area contributed by atoms with Gasteiger partial charge in [0.05, 0.1) is 36.7 Å². The largest absolute Gasteiger partial charge is 0.471 e. The first kappa shape index (κ1) is 19.6. The zero-order valence-corrected chi connectivity index (χ0v) is 18.1. The second kappa shape index (κ2) is 7.05. The van der Waals surface area contributed by atoms with E-state index < -0.39 is 11.5 Å². The first-order valence-electron chi connectivity index (χ1n) is 11.3. The SMILES string of the molecule is N#CC1(c2ccc(-c3ccc4c(c3)C[C@H]3C(COc5ccon5)OC(=O)N43)cn2)C2COCC21. The minimum atomic E-state index is -0.497. The van der Waals surface area contributed by atoms with E-state index in [0.717, 1.165) is 28.1 Å². The Balaban J connectivity index is 1.11. The summed E-state index contributed by atoms with van der Waals surface area (Å²) in [4.78, 5) is 18.9. The molecule has 1 saturated carbocycles. The van der Waals surface area contributed by atoms with Crippen LogP contribution in [0.1, 0.15) is 11.3 Å². The van der Waals surface area contributed by atoms with Crippen molar-refractivity contribution in [3.8, 4) is 23.1 Å². The number of aromatic nitrogens is 2. The maximum absolute atomic E-state index is 12.6. The van der Waals surface area contributed by atoms with Gasteiger partial charge in [0.25, 0.3) is 5.88 Å². The third kappa shape index (κ3) is 2.66. The average molecular weight is 456 g/mol. The molecule has 4 aliphatic rings. The molecule has 0 N–H and O–H groups in total. The van der Waals surface area contributed by atoms with Crippen molar-refractivity contribution in [3.05, 3.63) is 60.1 Å². The summed E-state index contributed by atoms with van der Waals surface area (Å²) >= 11 is 0. The molecule has 1 aliphatic carbocycles. The number of rotatable bonds is 5. The Labute approximate surface area is 194 Å². The minimum absolute atomic E-state index is 0.128. The van der Waals surface area contributed by atoms with Crippen LogP contribution in [-0.4, -0.2) is 48.2 Å². The normalized spacial score (nSPS) is 30.3. The van der Waals surface area contributed by atoms with Crippen LogP contribution >= 0.6 is 0 Å². The molecule has 5 heterocycles. The van der Waals surface area contributed by atoms with Crippen molar-refractivity contribution < 1.29 is 23.5 Å². The van der Waals surface area contributed by atoms with Gasteiger partial charge in [0.1, 0.15) is 18.3 Å². The number of carbonyl (C=O) groups is 1. The number of nitrogens with zero attached hydrogens (tertiary/aromatic N) is 4. The van der Waals surface area contributed by atoms with Gasteiger partial charge in [-0.05, 0) is 40.9 Å². The van der Waals surface area contributed by atoms with Crippen molar-refractivity contribution in [2.24, 2.45) is 11.8 Å². The third-order valence-electron chi connectivity index (χ3n) is 7.63. The van der Waals surface area contributed by atoms with E-state index in [-0.39, 0.29) is 30.6 Å². The van der Waals surface area contributed by atoms with Gasteiger partial charge < -0.3 is 18.7 Å². The summed E-state index contributed by atoms with van der Waals surface area (Å²) in [5.74, 6) is 0.874. The summed E-state index contributed by atoms with van der Waals surface area (Å²) in [6, 6.07) is 14.0. The van der Waals surface area contributed by atoms with Crippen LogP contribution in [0.2, 0.25) is 0 Å². The maximum atomic E-state index is 12.6. The number of anilines is 1. The summed E-state index contributed by atoms with van der Waals surface area (Å²) in [5.41, 5.74) is 4.27. The van der Waals surface area contributed by atoms with E-state index in [1.54, 1.807) is 11.0 Å². The lowest BCUT2D eigenvalue weighted by Crippen LogP contribution is -2.36. The second-order valence-electron chi connectivity index (χ2n) is 9.22. The van der Waals surface area contributed by atoms with Gasteiger partial charge in [0, 0.05) is 29.7 Å². The second-order valence-corrected chi connectivity index (χ2v) is 9.22. The fourth-order valence-electron chi connectivity index (χ4n) is 5.81. The van der Waals surface area contributed by atoms with E-state index in [1.165, 1.54) is 6.26 Å². The summed E-state index contributed by atoms with van der Waals surface area (Å²) in [5, 5.41) is 13.5. The summed E-state index contributed by atoms with van der Waals surface area (Å²) < 4.78 is 21.4. The van der Waals surface area contributed by atoms with Gasteiger partial charge in [-0.3, -0.25) is 9.88 Å². The predicted molar refractivity (Wildman–Crippen MR) is 117 cm³/mol. The van der Waals surface area contributed by atoms with Crippen LogP contribution in [0.3, 0.4) is 0 Å². The van der Waals surface area contributed by atoms with E-state index in [9.17, 15) is 10.1 Å². The fourth-order valence-corrected chi connectivity index (χ4v) is 5.81. The summed E-state index contributed by atoms with van der Waals surface area (Å²) in [6.07, 6.45) is 3.18. The molecule has 2 saturated heterocycles. The molecular formula is C25H20N4O5. The highest BCUT2D eigenvalue weighted by Gasteiger charge is 2.70. The van der Waals surface area contributed by atoms with E-state index in [0.29, 0.717) is 25.5 Å². The van der Waals surface area contributed by atoms with Gasteiger partial charge in [-0.15, -0.1) is 0 Å². The van der Waals surface area contributed by atoms with E-state index in [1.807, 2.05) is 30.5 Å². The number of nitriles is 1. The van der Waals surface area contributed by atoms with Gasteiger partial charge in [0.2, 0.25) is 0 Å². The molecule has 9 heteroatoms. The van der Waals surface area contributed by atoms with Gasteiger partial charge in [-0.25, -0.2) is 4.79 Å². The molecular weight excluding hydrogens is 436 g/mol. The van der Waals surface area contributed by atoms with Crippen molar-refractivity contribution in [2.45, 2.75) is 24.0 Å². The average Bonchev–Trinajstić information content (AvgIpc) is 3.48. The van der Waals surface area contributed by atoms with Crippen LogP contribution in [0.5, 0.6) is 5.88 Å². The van der Waals surface area contributed by atoms with Crippen LogP contribution in [0, 0.1) is 23.2 Å². The Morgan fingerprint density at radius 3 is 2.76 bits per heavy atom. The molecule has 3 aromatic rings. The van der Waals surface area contributed by atoms with E-state index in [4.69, 9.17) is 18.7 Å². The number of benzene rings is 1. The molecule has 170 valence electrons. The highest BCUT2D eigenvalue weighted by molar-refractivity contribution is 5.94. The molecule has 7 rings (SSSR count). The quantitative estimate of drug-likeness (QED) is 0.576. The molecule has 0 spiro atoms. The van der Waals surface area contributed by atoms with Crippen LogP contribution in [0.4, 0.5) is 10.5 Å². The van der Waals surface area contributed by atoms with Gasteiger partial charge in [-0.1, -0.05) is 12.1 Å². The van der Waals surface area contributed by atoms with Crippen molar-refractivity contribution >= 4 is 11.8 Å². The smallest absolute Gasteiger partial charge is 0.415 e. The van der Waals surface area contributed by atoms with Crippen molar-refractivity contribution in [3.63, 3.8) is 0 Å². The Hall–Kier alpha value is -3.90. The number of cyclic esters (lactones) is 1. The number of carbonyl (C=O) groups excluding carboxylic acids is 1. The van der Waals surface area contributed by atoms with Crippen molar-refractivity contribution in [1.82, 2.24) is 10.1 Å². The molecule has 3 fully saturated rings. The number of amides is 1. The van der Waals surface area contributed by atoms with Crippen LogP contribution in [0.15, 0.2) is 53.4 Å². The minimum Gasteiger partial charge on any atom is -0.471 e. The van der Waals surface area contributed by atoms with Crippen molar-refractivity contribution in [1.29, 1.82) is 5.26 Å². The Kier molecular flexibility index (Phi) is 4.05. The Morgan fingerprint density at radius 2 is 2.03 bits per heavy atom. The Morgan fingerprint density at radius 1 is 1.18 bits per heavy atom. The molecule has 4 atom stereocenters. The summed E-state index contributed by atoms with van der Waals surface area (Å²) in [6.45, 7) is 1.48. The number of ether oxygens (including phenoxy) is 3. The molecule has 1 aromatic carbocycles. The first-order valence-corrected chi connectivity index (χ1v) is 11.3. The van der Waals surface area contributed by atoms with E-state index in [2.05, 4.69) is 22.3 Å². The molecule has 0 bridgehead atoms. The number of hydrogen-bond donors (Lipinski definition) is 0. The zero-order valence-electron chi connectivity index (χ0n) is 18.1. The Bertz CT molecular complexity index is 1310. The van der Waals surface area contributed by atoms with Crippen LogP contribution in [0.25, 0.3) is 11.1 Å². The number of pyridine rings is 1. The lowest BCUT2D eigenvalue weighted by Gasteiger charge is -2.16. The highest BCUT2D eigenvalue weighted by atomic mass is 16.6. The lowest BCUT2D eigenvalue weighted by atomic mass is 9.96. The monoisotopic (exact) mass is 456 g/mol. The van der Waals surface area contributed by atoms with Crippen molar-refractivity contribution in [2.75, 3.05) is 24.7 Å².